The molecule has 2 aromatic rings. The summed E-state index contributed by atoms with van der Waals surface area (Å²) in [5.74, 6) is 1.71. The van der Waals surface area contributed by atoms with Crippen LogP contribution in [-0.4, -0.2) is 72.9 Å². The summed E-state index contributed by atoms with van der Waals surface area (Å²) in [7, 11) is 0. The molecule has 7 nitrogen and oxygen atoms in total. The van der Waals surface area contributed by atoms with Gasteiger partial charge < -0.3 is 15.5 Å². The molecule has 1 fully saturated rings. The summed E-state index contributed by atoms with van der Waals surface area (Å²) >= 11 is 1.78. The lowest BCUT2D eigenvalue weighted by Crippen LogP contribution is -2.49. The Morgan fingerprint density at radius 2 is 1.87 bits per heavy atom. The number of nitrogens with zero attached hydrogens (tertiary/aromatic N) is 5. The lowest BCUT2D eigenvalue weighted by atomic mass is 10.1. The summed E-state index contributed by atoms with van der Waals surface area (Å²) in [5.41, 5.74) is 2.56. The zero-order valence-electron chi connectivity index (χ0n) is 18.7. The van der Waals surface area contributed by atoms with E-state index in [1.807, 2.05) is 6.07 Å². The van der Waals surface area contributed by atoms with Crippen molar-refractivity contribution < 1.29 is 0 Å². The number of hydrogen-bond donors (Lipinski definition) is 2. The van der Waals surface area contributed by atoms with Gasteiger partial charge in [-0.05, 0) is 43.4 Å². The summed E-state index contributed by atoms with van der Waals surface area (Å²) in [6.45, 7) is 11.6. The minimum absolute atomic E-state index is 0. The van der Waals surface area contributed by atoms with E-state index in [1.165, 1.54) is 16.0 Å². The maximum absolute atomic E-state index is 4.79. The Labute approximate surface area is 207 Å². The van der Waals surface area contributed by atoms with E-state index < -0.39 is 0 Å². The normalized spacial score (nSPS) is 14.8. The molecule has 0 atom stereocenters. The van der Waals surface area contributed by atoms with Crippen molar-refractivity contribution in [2.75, 3.05) is 57.0 Å². The molecule has 2 heterocycles. The molecule has 0 bridgehead atoms. The number of piperazine rings is 1. The van der Waals surface area contributed by atoms with E-state index in [4.69, 9.17) is 4.99 Å². The highest BCUT2D eigenvalue weighted by Crippen LogP contribution is 2.22. The molecule has 0 unspecified atom stereocenters. The monoisotopic (exact) mass is 555 g/mol. The van der Waals surface area contributed by atoms with Crippen LogP contribution < -0.4 is 15.5 Å². The number of rotatable bonds is 8. The summed E-state index contributed by atoms with van der Waals surface area (Å²) in [6.07, 6.45) is 5.73. The van der Waals surface area contributed by atoms with Crippen LogP contribution in [-0.2, 0) is 6.54 Å². The number of nitrogens with one attached hydrogen (secondary N) is 2. The van der Waals surface area contributed by atoms with E-state index in [1.54, 1.807) is 24.2 Å². The lowest BCUT2D eigenvalue weighted by Gasteiger charge is -2.34. The highest BCUT2D eigenvalue weighted by Gasteiger charge is 2.18. The van der Waals surface area contributed by atoms with Gasteiger partial charge in [-0.3, -0.25) is 4.90 Å². The van der Waals surface area contributed by atoms with Gasteiger partial charge in [0.2, 0.25) is 5.95 Å². The number of aromatic nitrogens is 2. The molecule has 2 N–H and O–H groups in total. The third kappa shape index (κ3) is 8.12. The van der Waals surface area contributed by atoms with E-state index in [0.29, 0.717) is 6.54 Å². The van der Waals surface area contributed by atoms with Gasteiger partial charge in [0.25, 0.3) is 0 Å². The van der Waals surface area contributed by atoms with Gasteiger partial charge in [-0.25, -0.2) is 15.0 Å². The predicted molar refractivity (Wildman–Crippen MR) is 142 cm³/mol. The highest BCUT2D eigenvalue weighted by atomic mass is 127. The van der Waals surface area contributed by atoms with Crippen molar-refractivity contribution in [1.82, 2.24) is 25.5 Å². The predicted octanol–water partition coefficient (Wildman–Crippen LogP) is 3.00. The fourth-order valence-electron chi connectivity index (χ4n) is 3.45. The molecule has 3 rings (SSSR count). The van der Waals surface area contributed by atoms with Crippen molar-refractivity contribution in [1.29, 1.82) is 0 Å². The van der Waals surface area contributed by atoms with Crippen molar-refractivity contribution in [3.8, 4) is 0 Å². The fraction of sp³-hybridized carbons (Fsp3) is 0.500. The van der Waals surface area contributed by atoms with Gasteiger partial charge >= 0.3 is 0 Å². The average molecular weight is 556 g/mol. The van der Waals surface area contributed by atoms with Crippen LogP contribution in [0.5, 0.6) is 0 Å². The summed E-state index contributed by atoms with van der Waals surface area (Å²) in [5, 5.41) is 6.84. The van der Waals surface area contributed by atoms with Gasteiger partial charge in [-0.1, -0.05) is 12.1 Å². The number of anilines is 1. The zero-order chi connectivity index (χ0) is 21.2. The molecule has 170 valence electrons. The summed E-state index contributed by atoms with van der Waals surface area (Å²) < 4.78 is 0. The maximum Gasteiger partial charge on any atom is 0.225 e. The molecule has 1 saturated heterocycles. The molecule has 1 aromatic heterocycles. The van der Waals surface area contributed by atoms with Crippen molar-refractivity contribution in [3.05, 3.63) is 47.8 Å². The molecule has 1 aliphatic heterocycles. The largest absolute Gasteiger partial charge is 0.357 e. The van der Waals surface area contributed by atoms with Crippen LogP contribution in [0.4, 0.5) is 5.95 Å². The Kier molecular flexibility index (Phi) is 11.4. The molecule has 0 amide bonds. The van der Waals surface area contributed by atoms with Crippen LogP contribution in [0.25, 0.3) is 0 Å². The summed E-state index contributed by atoms with van der Waals surface area (Å²) in [6, 6.07) is 8.43. The first kappa shape index (κ1) is 25.7. The van der Waals surface area contributed by atoms with Crippen LogP contribution >= 0.6 is 35.7 Å². The van der Waals surface area contributed by atoms with Crippen LogP contribution in [0.2, 0.25) is 0 Å². The second-order valence-corrected chi connectivity index (χ2v) is 8.16. The standard InChI is InChI=1S/C22H33N7S.HI/c1-4-23-21(27-17-19-7-6-18(2)16-20(19)30-3)24-10-11-28-12-14-29(15-13-28)22-25-8-5-9-26-22;/h5-9,16H,4,10-15,17H2,1-3H3,(H2,23,24,27);1H. The molecule has 9 heteroatoms. The lowest BCUT2D eigenvalue weighted by molar-refractivity contribution is 0.260. The molecular formula is C22H34IN7S. The minimum Gasteiger partial charge on any atom is -0.357 e. The van der Waals surface area contributed by atoms with Gasteiger partial charge in [0.05, 0.1) is 6.54 Å². The zero-order valence-corrected chi connectivity index (χ0v) is 21.8. The van der Waals surface area contributed by atoms with Crippen molar-refractivity contribution in [2.24, 2.45) is 4.99 Å². The Balaban J connectivity index is 0.00000341. The molecule has 0 saturated carbocycles. The van der Waals surface area contributed by atoms with E-state index in [2.05, 4.69) is 68.7 Å². The minimum atomic E-state index is 0. The Morgan fingerprint density at radius 3 is 2.55 bits per heavy atom. The second-order valence-electron chi connectivity index (χ2n) is 7.31. The molecule has 31 heavy (non-hydrogen) atoms. The molecule has 0 aliphatic carbocycles. The van der Waals surface area contributed by atoms with Gasteiger partial charge in [-0.2, -0.15) is 0 Å². The number of benzene rings is 1. The third-order valence-corrected chi connectivity index (χ3v) is 5.94. The number of hydrogen-bond acceptors (Lipinski definition) is 6. The molecule has 1 aromatic carbocycles. The smallest absolute Gasteiger partial charge is 0.225 e. The fourth-order valence-corrected chi connectivity index (χ4v) is 4.15. The van der Waals surface area contributed by atoms with Crippen molar-refractivity contribution in [2.45, 2.75) is 25.3 Å². The Bertz CT molecular complexity index is 811. The maximum atomic E-state index is 4.79. The first-order chi connectivity index (χ1) is 14.7. The third-order valence-electron chi connectivity index (χ3n) is 5.12. The van der Waals surface area contributed by atoms with Crippen LogP contribution in [0, 0.1) is 6.92 Å². The SMILES string of the molecule is CCNC(=NCc1ccc(C)cc1SC)NCCN1CCN(c2ncccn2)CC1.I. The molecule has 1 aliphatic rings. The highest BCUT2D eigenvalue weighted by molar-refractivity contribution is 14.0. The van der Waals surface area contributed by atoms with Crippen LogP contribution in [0.1, 0.15) is 18.1 Å². The van der Waals surface area contributed by atoms with Gasteiger partial charge in [0, 0.05) is 63.1 Å². The van der Waals surface area contributed by atoms with Crippen LogP contribution in [0.3, 0.4) is 0 Å². The van der Waals surface area contributed by atoms with Crippen molar-refractivity contribution in [3.63, 3.8) is 0 Å². The summed E-state index contributed by atoms with van der Waals surface area (Å²) in [4.78, 5) is 19.5. The van der Waals surface area contributed by atoms with Gasteiger partial charge in [-0.15, -0.1) is 35.7 Å². The molecular weight excluding hydrogens is 521 g/mol. The number of guanidine groups is 1. The van der Waals surface area contributed by atoms with Gasteiger partial charge in [0.1, 0.15) is 0 Å². The Morgan fingerprint density at radius 1 is 1.13 bits per heavy atom. The van der Waals surface area contributed by atoms with E-state index in [9.17, 15) is 0 Å². The van der Waals surface area contributed by atoms with E-state index in [0.717, 1.165) is 57.7 Å². The molecule has 0 spiro atoms. The second kappa shape index (κ2) is 13.7. The number of aryl methyl sites for hydroxylation is 1. The van der Waals surface area contributed by atoms with E-state index in [-0.39, 0.29) is 24.0 Å². The van der Waals surface area contributed by atoms with E-state index >= 15 is 0 Å². The van der Waals surface area contributed by atoms with Crippen molar-refractivity contribution >= 4 is 47.6 Å². The number of halogens is 1. The average Bonchev–Trinajstić information content (AvgIpc) is 2.79. The van der Waals surface area contributed by atoms with Crippen LogP contribution in [0.15, 0.2) is 46.5 Å². The quantitative estimate of drug-likeness (QED) is 0.225. The topological polar surface area (TPSA) is 68.7 Å². The number of thioether (sulfide) groups is 1. The first-order valence-electron chi connectivity index (χ1n) is 10.6. The Hall–Kier alpha value is -1.59. The first-order valence-corrected chi connectivity index (χ1v) is 11.8. The molecule has 0 radical (unpaired) electrons. The number of aliphatic imine (C=N–C) groups is 1. The van der Waals surface area contributed by atoms with Gasteiger partial charge in [0.15, 0.2) is 5.96 Å².